The Morgan fingerprint density at radius 1 is 1.23 bits per heavy atom. The Bertz CT molecular complexity index is 492. The molecule has 0 bridgehead atoms. The molecule has 0 spiro atoms. The molecule has 4 nitrogen and oxygen atoms in total. The third-order valence-corrected chi connectivity index (χ3v) is 3.92. The summed E-state index contributed by atoms with van der Waals surface area (Å²) in [6.07, 6.45) is 3.23. The number of nitrogens with one attached hydrogen (secondary N) is 1. The van der Waals surface area contributed by atoms with Crippen LogP contribution in [0, 0.1) is 6.92 Å². The van der Waals surface area contributed by atoms with Gasteiger partial charge in [-0.3, -0.25) is 4.79 Å². The van der Waals surface area contributed by atoms with Gasteiger partial charge in [0.2, 0.25) is 5.91 Å². The molecule has 1 rings (SSSR count). The standard InChI is InChI=1S/C18H30N2O2/c1-6-10-18(22,11-7-2)13-17(21)19-16-9-8-15(20(4)5)12-14(16)3/h8-9,12,22H,6-7,10-11,13H2,1-5H3,(H,19,21). The highest BCUT2D eigenvalue weighted by atomic mass is 16.3. The van der Waals surface area contributed by atoms with E-state index in [0.29, 0.717) is 12.8 Å². The normalized spacial score (nSPS) is 11.4. The minimum atomic E-state index is -0.884. The highest BCUT2D eigenvalue weighted by molar-refractivity contribution is 5.92. The summed E-state index contributed by atoms with van der Waals surface area (Å²) in [6.45, 7) is 6.04. The summed E-state index contributed by atoms with van der Waals surface area (Å²) in [5, 5.41) is 13.5. The van der Waals surface area contributed by atoms with E-state index in [4.69, 9.17) is 0 Å². The van der Waals surface area contributed by atoms with Crippen LogP contribution in [-0.4, -0.2) is 30.7 Å². The van der Waals surface area contributed by atoms with Crippen LogP contribution in [-0.2, 0) is 4.79 Å². The van der Waals surface area contributed by atoms with Gasteiger partial charge >= 0.3 is 0 Å². The van der Waals surface area contributed by atoms with E-state index in [-0.39, 0.29) is 12.3 Å². The third kappa shape index (κ3) is 5.34. The van der Waals surface area contributed by atoms with Crippen molar-refractivity contribution in [3.05, 3.63) is 23.8 Å². The molecular formula is C18H30N2O2. The summed E-state index contributed by atoms with van der Waals surface area (Å²) in [4.78, 5) is 14.3. The molecular weight excluding hydrogens is 276 g/mol. The van der Waals surface area contributed by atoms with E-state index in [2.05, 4.69) is 5.32 Å². The second-order valence-corrected chi connectivity index (χ2v) is 6.34. The molecule has 0 aliphatic heterocycles. The van der Waals surface area contributed by atoms with Crippen molar-refractivity contribution in [1.82, 2.24) is 0 Å². The minimum absolute atomic E-state index is 0.120. The molecule has 1 aromatic carbocycles. The summed E-state index contributed by atoms with van der Waals surface area (Å²) in [7, 11) is 3.98. The Balaban J connectivity index is 2.76. The van der Waals surface area contributed by atoms with Crippen molar-refractivity contribution in [2.75, 3.05) is 24.3 Å². The van der Waals surface area contributed by atoms with Crippen LogP contribution in [0.15, 0.2) is 18.2 Å². The maximum Gasteiger partial charge on any atom is 0.227 e. The number of amides is 1. The van der Waals surface area contributed by atoms with Gasteiger partial charge in [0.05, 0.1) is 12.0 Å². The lowest BCUT2D eigenvalue weighted by atomic mass is 9.89. The summed E-state index contributed by atoms with van der Waals surface area (Å²) in [6, 6.07) is 5.94. The van der Waals surface area contributed by atoms with Gasteiger partial charge in [-0.2, -0.15) is 0 Å². The number of benzene rings is 1. The lowest BCUT2D eigenvalue weighted by Gasteiger charge is -2.27. The molecule has 0 fully saturated rings. The molecule has 0 aliphatic rings. The zero-order valence-corrected chi connectivity index (χ0v) is 14.6. The smallest absolute Gasteiger partial charge is 0.227 e. The van der Waals surface area contributed by atoms with Crippen molar-refractivity contribution in [3.8, 4) is 0 Å². The van der Waals surface area contributed by atoms with Crippen molar-refractivity contribution in [1.29, 1.82) is 0 Å². The third-order valence-electron chi connectivity index (χ3n) is 3.92. The van der Waals surface area contributed by atoms with Crippen LogP contribution < -0.4 is 10.2 Å². The Kier molecular flexibility index (Phi) is 6.88. The first kappa shape index (κ1) is 18.5. The molecule has 0 aromatic heterocycles. The lowest BCUT2D eigenvalue weighted by molar-refractivity contribution is -0.121. The van der Waals surface area contributed by atoms with Crippen molar-refractivity contribution < 1.29 is 9.90 Å². The average Bonchev–Trinajstić information content (AvgIpc) is 2.40. The van der Waals surface area contributed by atoms with E-state index in [1.54, 1.807) is 0 Å². The van der Waals surface area contributed by atoms with Crippen LogP contribution in [0.1, 0.15) is 51.5 Å². The summed E-state index contributed by atoms with van der Waals surface area (Å²) < 4.78 is 0. The zero-order chi connectivity index (χ0) is 16.8. The van der Waals surface area contributed by atoms with Gasteiger partial charge in [-0.25, -0.2) is 0 Å². The number of aliphatic hydroxyl groups is 1. The maximum atomic E-state index is 12.3. The monoisotopic (exact) mass is 306 g/mol. The predicted octanol–water partition coefficient (Wildman–Crippen LogP) is 3.72. The number of rotatable bonds is 8. The number of carbonyl (C=O) groups is 1. The van der Waals surface area contributed by atoms with Crippen LogP contribution in [0.25, 0.3) is 0 Å². The number of hydrogen-bond acceptors (Lipinski definition) is 3. The topological polar surface area (TPSA) is 52.6 Å². The van der Waals surface area contributed by atoms with E-state index >= 15 is 0 Å². The van der Waals surface area contributed by atoms with Crippen molar-refractivity contribution in [3.63, 3.8) is 0 Å². The van der Waals surface area contributed by atoms with Crippen LogP contribution in [0.2, 0.25) is 0 Å². The van der Waals surface area contributed by atoms with E-state index < -0.39 is 5.60 Å². The number of aryl methyl sites for hydroxylation is 1. The fourth-order valence-corrected chi connectivity index (χ4v) is 2.79. The quantitative estimate of drug-likeness (QED) is 0.769. The van der Waals surface area contributed by atoms with E-state index in [1.165, 1.54) is 0 Å². The number of carbonyl (C=O) groups excluding carboxylic acids is 1. The highest BCUT2D eigenvalue weighted by Crippen LogP contribution is 2.26. The second kappa shape index (κ2) is 8.18. The summed E-state index contributed by atoms with van der Waals surface area (Å²) in [5.41, 5.74) is 2.05. The minimum Gasteiger partial charge on any atom is -0.389 e. The van der Waals surface area contributed by atoms with Gasteiger partial charge in [0, 0.05) is 25.5 Å². The SMILES string of the molecule is CCCC(O)(CCC)CC(=O)Nc1ccc(N(C)C)cc1C. The van der Waals surface area contributed by atoms with Gasteiger partial charge in [-0.15, -0.1) is 0 Å². The van der Waals surface area contributed by atoms with E-state index in [1.807, 2.05) is 58.0 Å². The van der Waals surface area contributed by atoms with Gasteiger partial charge in [0.15, 0.2) is 0 Å². The largest absolute Gasteiger partial charge is 0.389 e. The molecule has 0 atom stereocenters. The van der Waals surface area contributed by atoms with Crippen molar-refractivity contribution >= 4 is 17.3 Å². The average molecular weight is 306 g/mol. The molecule has 0 radical (unpaired) electrons. The van der Waals surface area contributed by atoms with Gasteiger partial charge in [0.25, 0.3) is 0 Å². The molecule has 0 heterocycles. The predicted molar refractivity (Wildman–Crippen MR) is 93.5 cm³/mol. The lowest BCUT2D eigenvalue weighted by Crippen LogP contribution is -2.34. The van der Waals surface area contributed by atoms with Crippen molar-refractivity contribution in [2.45, 2.75) is 58.5 Å². The molecule has 4 heteroatoms. The Morgan fingerprint density at radius 2 is 1.82 bits per heavy atom. The summed E-state index contributed by atoms with van der Waals surface area (Å²) >= 11 is 0. The first-order valence-electron chi connectivity index (χ1n) is 8.11. The van der Waals surface area contributed by atoms with Gasteiger partial charge in [0.1, 0.15) is 0 Å². The molecule has 124 valence electrons. The van der Waals surface area contributed by atoms with Gasteiger partial charge < -0.3 is 15.3 Å². The molecule has 2 N–H and O–H groups in total. The van der Waals surface area contributed by atoms with Crippen LogP contribution >= 0.6 is 0 Å². The first-order valence-corrected chi connectivity index (χ1v) is 8.11. The zero-order valence-electron chi connectivity index (χ0n) is 14.6. The fourth-order valence-electron chi connectivity index (χ4n) is 2.79. The van der Waals surface area contributed by atoms with Crippen LogP contribution in [0.4, 0.5) is 11.4 Å². The molecule has 0 saturated carbocycles. The highest BCUT2D eigenvalue weighted by Gasteiger charge is 2.28. The fraction of sp³-hybridized carbons (Fsp3) is 0.611. The Hall–Kier alpha value is -1.55. The Labute approximate surface area is 134 Å². The molecule has 22 heavy (non-hydrogen) atoms. The van der Waals surface area contributed by atoms with Crippen LogP contribution in [0.3, 0.4) is 0 Å². The van der Waals surface area contributed by atoms with Gasteiger partial charge in [-0.1, -0.05) is 26.7 Å². The Morgan fingerprint density at radius 3 is 2.27 bits per heavy atom. The second-order valence-electron chi connectivity index (χ2n) is 6.34. The van der Waals surface area contributed by atoms with Crippen LogP contribution in [0.5, 0.6) is 0 Å². The summed E-state index contributed by atoms with van der Waals surface area (Å²) in [5.74, 6) is -0.120. The molecule has 0 aliphatic carbocycles. The molecule has 0 unspecified atom stereocenters. The van der Waals surface area contributed by atoms with E-state index in [9.17, 15) is 9.90 Å². The molecule has 0 saturated heterocycles. The van der Waals surface area contributed by atoms with Crippen molar-refractivity contribution in [2.24, 2.45) is 0 Å². The first-order chi connectivity index (χ1) is 10.3. The molecule has 1 amide bonds. The number of nitrogens with zero attached hydrogens (tertiary/aromatic N) is 1. The van der Waals surface area contributed by atoms with E-state index in [0.717, 1.165) is 29.8 Å². The maximum absolute atomic E-state index is 12.3. The number of anilines is 2. The van der Waals surface area contributed by atoms with Gasteiger partial charge in [-0.05, 0) is 43.5 Å². The molecule has 1 aromatic rings. The number of hydrogen-bond donors (Lipinski definition) is 2.